The van der Waals surface area contributed by atoms with E-state index >= 15 is 0 Å². The first kappa shape index (κ1) is 18.0. The molecule has 0 aliphatic heterocycles. The molecule has 1 atom stereocenters. The summed E-state index contributed by atoms with van der Waals surface area (Å²) in [5.41, 5.74) is 0. The van der Waals surface area contributed by atoms with Crippen LogP contribution in [0.25, 0.3) is 0 Å². The van der Waals surface area contributed by atoms with Crippen molar-refractivity contribution in [2.24, 2.45) is 0 Å². The lowest BCUT2D eigenvalue weighted by molar-refractivity contribution is 0.436. The van der Waals surface area contributed by atoms with Crippen molar-refractivity contribution in [1.29, 1.82) is 0 Å². The smallest absolute Gasteiger partial charge is 0.0359 e. The first-order valence-corrected chi connectivity index (χ1v) is 6.30. The summed E-state index contributed by atoms with van der Waals surface area (Å²) in [6.07, 6.45) is 1.73. The molecule has 0 N–H and O–H groups in total. The van der Waals surface area contributed by atoms with E-state index in [0.29, 0.717) is 0 Å². The molecule has 1 unspecified atom stereocenters. The molecule has 12 heavy (non-hydrogen) atoms. The molecule has 3 heteroatoms. The van der Waals surface area contributed by atoms with Gasteiger partial charge in [-0.15, -0.1) is 0 Å². The van der Waals surface area contributed by atoms with Crippen LogP contribution < -0.4 is 0 Å². The van der Waals surface area contributed by atoms with Crippen LogP contribution in [0.5, 0.6) is 0 Å². The molecular formula is C9H25NOS. The Morgan fingerprint density at radius 1 is 1.08 bits per heavy atom. The van der Waals surface area contributed by atoms with E-state index in [1.54, 1.807) is 6.26 Å². The van der Waals surface area contributed by atoms with Gasteiger partial charge in [0, 0.05) is 29.4 Å². The summed E-state index contributed by atoms with van der Waals surface area (Å²) >= 11 is 0. The van der Waals surface area contributed by atoms with E-state index in [1.807, 2.05) is 46.7 Å². The Labute approximate surface area is 80.8 Å². The fraction of sp³-hybridized carbons (Fsp3) is 1.00. The molecule has 0 bridgehead atoms. The Morgan fingerprint density at radius 2 is 1.42 bits per heavy atom. The number of nitrogens with zero attached hydrogens (tertiary/aromatic N) is 1. The Kier molecular flexibility index (Phi) is 25.9. The maximum absolute atomic E-state index is 10.4. The van der Waals surface area contributed by atoms with E-state index in [2.05, 4.69) is 0 Å². The molecule has 0 radical (unpaired) electrons. The van der Waals surface area contributed by atoms with Gasteiger partial charge in [0.15, 0.2) is 0 Å². The van der Waals surface area contributed by atoms with Crippen LogP contribution in [0.3, 0.4) is 0 Å². The van der Waals surface area contributed by atoms with Crippen LogP contribution >= 0.6 is 0 Å². The quantitative estimate of drug-likeness (QED) is 0.686. The summed E-state index contributed by atoms with van der Waals surface area (Å²) < 4.78 is 10.4. The Morgan fingerprint density at radius 3 is 1.50 bits per heavy atom. The van der Waals surface area contributed by atoms with E-state index in [9.17, 15) is 4.21 Å². The molecule has 0 aromatic carbocycles. The average molecular weight is 195 g/mol. The molecule has 0 heterocycles. The van der Waals surface area contributed by atoms with Crippen molar-refractivity contribution in [3.05, 3.63) is 0 Å². The number of rotatable bonds is 3. The standard InChI is InChI=1S/C5H13NOS.2C2H6/c1-6(2)4-5-8(3)7;2*1-2/h4-5H2,1-3H3;2*1-2H3. The highest BCUT2D eigenvalue weighted by Gasteiger charge is 1.90. The summed E-state index contributed by atoms with van der Waals surface area (Å²) in [6, 6.07) is 0. The molecular weight excluding hydrogens is 170 g/mol. The predicted molar refractivity (Wildman–Crippen MR) is 60.2 cm³/mol. The van der Waals surface area contributed by atoms with Crippen LogP contribution in [0.1, 0.15) is 27.7 Å². The van der Waals surface area contributed by atoms with Crippen LogP contribution in [0.15, 0.2) is 0 Å². The topological polar surface area (TPSA) is 20.3 Å². The van der Waals surface area contributed by atoms with Crippen LogP contribution in [-0.4, -0.2) is 41.8 Å². The SMILES string of the molecule is CC.CC.CN(C)CCS(C)=O. The van der Waals surface area contributed by atoms with Gasteiger partial charge in [-0.3, -0.25) is 4.21 Å². The maximum atomic E-state index is 10.4. The first-order chi connectivity index (χ1) is 5.63. The van der Waals surface area contributed by atoms with E-state index in [1.165, 1.54) is 0 Å². The lowest BCUT2D eigenvalue weighted by Gasteiger charge is -2.05. The normalized spacial score (nSPS) is 10.7. The van der Waals surface area contributed by atoms with Gasteiger partial charge in [0.05, 0.1) is 0 Å². The van der Waals surface area contributed by atoms with Crippen molar-refractivity contribution in [3.8, 4) is 0 Å². The van der Waals surface area contributed by atoms with Gasteiger partial charge in [-0.05, 0) is 14.1 Å². The first-order valence-electron chi connectivity index (χ1n) is 4.57. The van der Waals surface area contributed by atoms with Gasteiger partial charge in [-0.1, -0.05) is 27.7 Å². The fourth-order valence-electron chi connectivity index (χ4n) is 0.311. The molecule has 0 amide bonds. The maximum Gasteiger partial charge on any atom is 0.0359 e. The van der Waals surface area contributed by atoms with Crippen molar-refractivity contribution >= 4 is 10.8 Å². The van der Waals surface area contributed by atoms with Crippen molar-refractivity contribution < 1.29 is 4.21 Å². The molecule has 0 aromatic rings. The summed E-state index contributed by atoms with van der Waals surface area (Å²) in [5, 5.41) is 0. The second kappa shape index (κ2) is 17.3. The molecule has 0 aromatic heterocycles. The van der Waals surface area contributed by atoms with E-state index in [-0.39, 0.29) is 0 Å². The minimum absolute atomic E-state index is 0.628. The molecule has 0 aliphatic rings. The second-order valence-corrected chi connectivity index (χ2v) is 3.64. The summed E-state index contributed by atoms with van der Waals surface area (Å²) in [7, 11) is 3.33. The third-order valence-corrected chi connectivity index (χ3v) is 1.58. The van der Waals surface area contributed by atoms with Crippen molar-refractivity contribution in [1.82, 2.24) is 4.90 Å². The zero-order valence-electron chi connectivity index (χ0n) is 9.68. The molecule has 0 saturated carbocycles. The summed E-state index contributed by atoms with van der Waals surface area (Å²) in [5.74, 6) is 0.785. The fourth-order valence-corrected chi connectivity index (χ4v) is 0.933. The van der Waals surface area contributed by atoms with Gasteiger partial charge in [-0.2, -0.15) is 0 Å². The monoisotopic (exact) mass is 195 g/mol. The van der Waals surface area contributed by atoms with Crippen LogP contribution in [0.4, 0.5) is 0 Å². The van der Waals surface area contributed by atoms with Crippen molar-refractivity contribution in [2.75, 3.05) is 32.6 Å². The Bertz CT molecular complexity index is 84.6. The lowest BCUT2D eigenvalue weighted by Crippen LogP contribution is -2.18. The average Bonchev–Trinajstić information content (AvgIpc) is 2.08. The molecule has 0 rings (SSSR count). The van der Waals surface area contributed by atoms with Crippen LogP contribution in [0, 0.1) is 0 Å². The largest absolute Gasteiger partial charge is 0.308 e. The molecule has 2 nitrogen and oxygen atoms in total. The molecule has 0 spiro atoms. The van der Waals surface area contributed by atoms with Gasteiger partial charge < -0.3 is 4.90 Å². The van der Waals surface area contributed by atoms with Gasteiger partial charge >= 0.3 is 0 Å². The number of hydrogen-bond donors (Lipinski definition) is 0. The van der Waals surface area contributed by atoms with E-state index in [4.69, 9.17) is 0 Å². The highest BCUT2D eigenvalue weighted by molar-refractivity contribution is 7.84. The summed E-state index contributed by atoms with van der Waals surface area (Å²) in [4.78, 5) is 2.03. The van der Waals surface area contributed by atoms with Crippen molar-refractivity contribution in [3.63, 3.8) is 0 Å². The highest BCUT2D eigenvalue weighted by Crippen LogP contribution is 1.76. The minimum atomic E-state index is -0.628. The van der Waals surface area contributed by atoms with Gasteiger partial charge in [0.25, 0.3) is 0 Å². The highest BCUT2D eigenvalue weighted by atomic mass is 32.2. The molecule has 0 aliphatic carbocycles. The molecule has 78 valence electrons. The third kappa shape index (κ3) is 32.1. The lowest BCUT2D eigenvalue weighted by atomic mass is 10.7. The van der Waals surface area contributed by atoms with Gasteiger partial charge in [0.1, 0.15) is 0 Å². The Hall–Kier alpha value is 0.110. The van der Waals surface area contributed by atoms with Crippen molar-refractivity contribution in [2.45, 2.75) is 27.7 Å². The zero-order valence-corrected chi connectivity index (χ0v) is 10.5. The zero-order chi connectivity index (χ0) is 10.6. The second-order valence-electron chi connectivity index (χ2n) is 2.08. The van der Waals surface area contributed by atoms with E-state index in [0.717, 1.165) is 12.3 Å². The minimum Gasteiger partial charge on any atom is -0.308 e. The Balaban J connectivity index is -0.000000175. The van der Waals surface area contributed by atoms with Crippen LogP contribution in [-0.2, 0) is 10.8 Å². The molecule has 0 saturated heterocycles. The van der Waals surface area contributed by atoms with Gasteiger partial charge in [-0.25, -0.2) is 0 Å². The molecule has 0 fully saturated rings. The van der Waals surface area contributed by atoms with E-state index < -0.39 is 10.8 Å². The summed E-state index contributed by atoms with van der Waals surface area (Å²) in [6.45, 7) is 8.92. The number of hydrogen-bond acceptors (Lipinski definition) is 2. The third-order valence-electron chi connectivity index (χ3n) is 0.826. The van der Waals surface area contributed by atoms with Crippen LogP contribution in [0.2, 0.25) is 0 Å². The van der Waals surface area contributed by atoms with Gasteiger partial charge in [0.2, 0.25) is 0 Å². The predicted octanol–water partition coefficient (Wildman–Crippen LogP) is 1.98.